The summed E-state index contributed by atoms with van der Waals surface area (Å²) in [6.45, 7) is 0. The van der Waals surface area contributed by atoms with Crippen molar-refractivity contribution in [3.8, 4) is 0 Å². The van der Waals surface area contributed by atoms with Crippen LogP contribution in [0.5, 0.6) is 0 Å². The van der Waals surface area contributed by atoms with Crippen molar-refractivity contribution in [3.05, 3.63) is 57.2 Å². The Kier molecular flexibility index (Phi) is 3.22. The van der Waals surface area contributed by atoms with Crippen molar-refractivity contribution in [3.63, 3.8) is 0 Å². The predicted molar refractivity (Wildman–Crippen MR) is 78.8 cm³/mol. The number of thiophene rings is 1. The standard InChI is InChI=1S/C14H10N2O3S/c17-13(6-4-10-2-1-7-20-10)15-9-3-5-12-11(8-9)16-14(18)19-12/h1-8H,(H,15,17)(H,16,18)/b6-4+. The van der Waals surface area contributed by atoms with Crippen LogP contribution < -0.4 is 11.1 Å². The first-order chi connectivity index (χ1) is 9.70. The number of hydrogen-bond donors (Lipinski definition) is 2. The van der Waals surface area contributed by atoms with Gasteiger partial charge in [0, 0.05) is 16.6 Å². The number of hydrogen-bond acceptors (Lipinski definition) is 4. The second-order valence-electron chi connectivity index (χ2n) is 4.06. The van der Waals surface area contributed by atoms with Crippen molar-refractivity contribution in [2.24, 2.45) is 0 Å². The average Bonchev–Trinajstić information content (AvgIpc) is 3.04. The number of nitrogens with one attached hydrogen (secondary N) is 2. The van der Waals surface area contributed by atoms with Crippen LogP contribution in [0.4, 0.5) is 5.69 Å². The van der Waals surface area contributed by atoms with Gasteiger partial charge < -0.3 is 9.73 Å². The number of oxazole rings is 1. The van der Waals surface area contributed by atoms with Gasteiger partial charge in [-0.25, -0.2) is 4.79 Å². The highest BCUT2D eigenvalue weighted by Gasteiger charge is 2.03. The van der Waals surface area contributed by atoms with E-state index in [0.29, 0.717) is 16.8 Å². The molecule has 20 heavy (non-hydrogen) atoms. The Labute approximate surface area is 117 Å². The maximum atomic E-state index is 11.8. The molecule has 0 saturated heterocycles. The van der Waals surface area contributed by atoms with Gasteiger partial charge in [0.05, 0.1) is 5.52 Å². The number of anilines is 1. The summed E-state index contributed by atoms with van der Waals surface area (Å²) < 4.78 is 4.89. The fraction of sp³-hybridized carbons (Fsp3) is 0. The first-order valence-corrected chi connectivity index (χ1v) is 6.74. The monoisotopic (exact) mass is 286 g/mol. The normalized spacial score (nSPS) is 11.2. The third-order valence-corrected chi connectivity index (χ3v) is 3.47. The van der Waals surface area contributed by atoms with Crippen molar-refractivity contribution in [2.75, 3.05) is 5.32 Å². The number of H-pyrrole nitrogens is 1. The summed E-state index contributed by atoms with van der Waals surface area (Å²) in [6, 6.07) is 8.81. The van der Waals surface area contributed by atoms with E-state index in [1.165, 1.54) is 6.08 Å². The second kappa shape index (κ2) is 5.18. The molecular formula is C14H10N2O3S. The van der Waals surface area contributed by atoms with Crippen LogP contribution in [-0.4, -0.2) is 10.9 Å². The molecule has 2 aromatic heterocycles. The number of carbonyl (C=O) groups excluding carboxylic acids is 1. The zero-order valence-electron chi connectivity index (χ0n) is 10.3. The molecule has 0 saturated carbocycles. The molecule has 0 fully saturated rings. The Balaban J connectivity index is 1.75. The van der Waals surface area contributed by atoms with Crippen LogP contribution in [0.1, 0.15) is 4.88 Å². The molecule has 3 aromatic rings. The molecule has 0 bridgehead atoms. The van der Waals surface area contributed by atoms with E-state index in [0.717, 1.165) is 4.88 Å². The Morgan fingerprint density at radius 2 is 2.25 bits per heavy atom. The van der Waals surface area contributed by atoms with Crippen molar-refractivity contribution in [1.29, 1.82) is 0 Å². The average molecular weight is 286 g/mol. The van der Waals surface area contributed by atoms with Crippen molar-refractivity contribution in [1.82, 2.24) is 4.98 Å². The smallest absolute Gasteiger partial charge is 0.408 e. The van der Waals surface area contributed by atoms with Gasteiger partial charge in [-0.2, -0.15) is 0 Å². The molecule has 2 N–H and O–H groups in total. The quantitative estimate of drug-likeness (QED) is 0.727. The van der Waals surface area contributed by atoms with Gasteiger partial charge in [0.25, 0.3) is 0 Å². The highest BCUT2D eigenvalue weighted by Crippen LogP contribution is 2.16. The molecule has 0 spiro atoms. The Bertz CT molecular complexity index is 828. The zero-order valence-corrected chi connectivity index (χ0v) is 11.1. The number of carbonyl (C=O) groups is 1. The fourth-order valence-electron chi connectivity index (χ4n) is 1.76. The fourth-order valence-corrected chi connectivity index (χ4v) is 2.38. The molecule has 5 nitrogen and oxygen atoms in total. The Morgan fingerprint density at radius 3 is 3.05 bits per heavy atom. The lowest BCUT2D eigenvalue weighted by atomic mass is 10.3. The number of benzene rings is 1. The van der Waals surface area contributed by atoms with E-state index in [9.17, 15) is 9.59 Å². The van der Waals surface area contributed by atoms with Gasteiger partial charge in [-0.05, 0) is 35.7 Å². The van der Waals surface area contributed by atoms with E-state index in [1.807, 2.05) is 17.5 Å². The first kappa shape index (κ1) is 12.4. The SMILES string of the molecule is O=C(/C=C/c1cccs1)Nc1ccc2oc(=O)[nH]c2c1. The summed E-state index contributed by atoms with van der Waals surface area (Å²) >= 11 is 1.56. The zero-order chi connectivity index (χ0) is 13.9. The van der Waals surface area contributed by atoms with Gasteiger partial charge >= 0.3 is 5.76 Å². The van der Waals surface area contributed by atoms with E-state index in [1.54, 1.807) is 35.6 Å². The number of aromatic amines is 1. The van der Waals surface area contributed by atoms with Crippen LogP contribution >= 0.6 is 11.3 Å². The topological polar surface area (TPSA) is 75.1 Å². The lowest BCUT2D eigenvalue weighted by Gasteiger charge is -2.01. The number of fused-ring (bicyclic) bond motifs is 1. The summed E-state index contributed by atoms with van der Waals surface area (Å²) in [5.74, 6) is -0.746. The molecule has 1 amide bonds. The molecule has 3 rings (SSSR count). The van der Waals surface area contributed by atoms with Gasteiger partial charge in [-0.1, -0.05) is 6.07 Å². The molecule has 1 aromatic carbocycles. The summed E-state index contributed by atoms with van der Waals surface area (Å²) in [7, 11) is 0. The molecule has 0 unspecified atom stereocenters. The van der Waals surface area contributed by atoms with Crippen LogP contribution in [-0.2, 0) is 4.79 Å². The third kappa shape index (κ3) is 2.70. The summed E-state index contributed by atoms with van der Waals surface area (Å²) in [5.41, 5.74) is 1.60. The van der Waals surface area contributed by atoms with Gasteiger partial charge in [0.15, 0.2) is 5.58 Å². The lowest BCUT2D eigenvalue weighted by molar-refractivity contribution is -0.111. The largest absolute Gasteiger partial charge is 0.417 e. The van der Waals surface area contributed by atoms with Gasteiger partial charge in [-0.15, -0.1) is 11.3 Å². The number of amides is 1. The molecular weight excluding hydrogens is 276 g/mol. The molecule has 0 aliphatic rings. The van der Waals surface area contributed by atoms with Crippen molar-refractivity contribution < 1.29 is 9.21 Å². The molecule has 100 valence electrons. The number of aromatic nitrogens is 1. The minimum absolute atomic E-state index is 0.233. The maximum absolute atomic E-state index is 11.8. The summed E-state index contributed by atoms with van der Waals surface area (Å²) in [5, 5.41) is 4.67. The van der Waals surface area contributed by atoms with Gasteiger partial charge in [0.2, 0.25) is 5.91 Å². The van der Waals surface area contributed by atoms with Gasteiger partial charge in [0.1, 0.15) is 0 Å². The molecule has 6 heteroatoms. The highest BCUT2D eigenvalue weighted by atomic mass is 32.1. The molecule has 0 radical (unpaired) electrons. The Hall–Kier alpha value is -2.60. The molecule has 0 atom stereocenters. The maximum Gasteiger partial charge on any atom is 0.417 e. The molecule has 2 heterocycles. The Morgan fingerprint density at radius 1 is 1.35 bits per heavy atom. The molecule has 0 aliphatic carbocycles. The third-order valence-electron chi connectivity index (χ3n) is 2.63. The van der Waals surface area contributed by atoms with Crippen molar-refractivity contribution >= 4 is 40.1 Å². The van der Waals surface area contributed by atoms with Crippen LogP contribution in [0.25, 0.3) is 17.2 Å². The van der Waals surface area contributed by atoms with E-state index >= 15 is 0 Å². The van der Waals surface area contributed by atoms with Crippen LogP contribution in [0.3, 0.4) is 0 Å². The highest BCUT2D eigenvalue weighted by molar-refractivity contribution is 7.10. The van der Waals surface area contributed by atoms with E-state index in [2.05, 4.69) is 10.3 Å². The first-order valence-electron chi connectivity index (χ1n) is 5.86. The predicted octanol–water partition coefficient (Wildman–Crippen LogP) is 2.83. The van der Waals surface area contributed by atoms with Crippen LogP contribution in [0.15, 0.2) is 51.0 Å². The lowest BCUT2D eigenvalue weighted by Crippen LogP contribution is -2.07. The second-order valence-corrected chi connectivity index (χ2v) is 5.04. The number of rotatable bonds is 3. The van der Waals surface area contributed by atoms with E-state index in [-0.39, 0.29) is 5.91 Å². The van der Waals surface area contributed by atoms with Gasteiger partial charge in [-0.3, -0.25) is 9.78 Å². The van der Waals surface area contributed by atoms with Crippen LogP contribution in [0.2, 0.25) is 0 Å². The minimum atomic E-state index is -0.513. The summed E-state index contributed by atoms with van der Waals surface area (Å²) in [6.07, 6.45) is 3.21. The van der Waals surface area contributed by atoms with E-state index in [4.69, 9.17) is 4.42 Å². The van der Waals surface area contributed by atoms with Crippen molar-refractivity contribution in [2.45, 2.75) is 0 Å². The van der Waals surface area contributed by atoms with Crippen LogP contribution in [0, 0.1) is 0 Å². The van der Waals surface area contributed by atoms with E-state index < -0.39 is 5.76 Å². The minimum Gasteiger partial charge on any atom is -0.408 e. The summed E-state index contributed by atoms with van der Waals surface area (Å²) in [4.78, 5) is 26.3. The molecule has 0 aliphatic heterocycles.